The van der Waals surface area contributed by atoms with Gasteiger partial charge >= 0.3 is 6.16 Å². The van der Waals surface area contributed by atoms with Crippen LogP contribution in [0.2, 0.25) is 0 Å². The number of cyclic esters (lactones) is 2. The molecule has 0 bridgehead atoms. The van der Waals surface area contributed by atoms with Gasteiger partial charge in [0.05, 0.1) is 7.11 Å². The van der Waals surface area contributed by atoms with E-state index in [9.17, 15) is 9.59 Å². The number of rotatable bonds is 3. The molecule has 0 saturated carbocycles. The van der Waals surface area contributed by atoms with Crippen molar-refractivity contribution in [2.24, 2.45) is 5.41 Å². The maximum atomic E-state index is 12.6. The van der Waals surface area contributed by atoms with Gasteiger partial charge in [0.15, 0.2) is 0 Å². The highest BCUT2D eigenvalue weighted by molar-refractivity contribution is 6.05. The van der Waals surface area contributed by atoms with Crippen LogP contribution in [0.5, 0.6) is 5.75 Å². The van der Waals surface area contributed by atoms with Gasteiger partial charge in [-0.1, -0.05) is 24.3 Å². The molecule has 1 aliphatic heterocycles. The molecule has 6 heteroatoms. The number of fused-ring (bicyclic) bond motifs is 1. The number of carbonyl (C=O) groups is 2. The van der Waals surface area contributed by atoms with Gasteiger partial charge in [-0.15, -0.1) is 0 Å². The molecule has 0 radical (unpaired) electrons. The minimum Gasteiger partial charge on any atom is -0.496 e. The van der Waals surface area contributed by atoms with Crippen LogP contribution in [0.15, 0.2) is 36.4 Å². The number of amides is 1. The topological polar surface area (TPSA) is 73.9 Å². The average Bonchev–Trinajstić information content (AvgIpc) is 2.58. The Labute approximate surface area is 133 Å². The fraction of sp³-hybridized carbons (Fsp3) is 0.294. The summed E-state index contributed by atoms with van der Waals surface area (Å²) >= 11 is 0. The summed E-state index contributed by atoms with van der Waals surface area (Å²) in [4.78, 5) is 23.6. The monoisotopic (exact) mass is 315 g/mol. The van der Waals surface area contributed by atoms with Crippen molar-refractivity contribution in [3.05, 3.63) is 36.4 Å². The van der Waals surface area contributed by atoms with Crippen LogP contribution in [0.1, 0.15) is 6.92 Å². The summed E-state index contributed by atoms with van der Waals surface area (Å²) in [5, 5.41) is 4.67. The van der Waals surface area contributed by atoms with Crippen LogP contribution in [-0.2, 0) is 14.3 Å². The third-order valence-electron chi connectivity index (χ3n) is 3.92. The fourth-order valence-electron chi connectivity index (χ4n) is 2.48. The lowest BCUT2D eigenvalue weighted by Gasteiger charge is -2.30. The van der Waals surface area contributed by atoms with Gasteiger partial charge < -0.3 is 19.5 Å². The number of anilines is 1. The Balaban J connectivity index is 1.90. The largest absolute Gasteiger partial charge is 0.508 e. The Kier molecular flexibility index (Phi) is 3.82. The van der Waals surface area contributed by atoms with Gasteiger partial charge in [-0.05, 0) is 19.1 Å². The van der Waals surface area contributed by atoms with E-state index < -0.39 is 11.6 Å². The van der Waals surface area contributed by atoms with E-state index in [1.807, 2.05) is 24.3 Å². The number of hydrogen-bond acceptors (Lipinski definition) is 5. The Hall–Kier alpha value is -2.76. The van der Waals surface area contributed by atoms with Crippen molar-refractivity contribution < 1.29 is 23.8 Å². The van der Waals surface area contributed by atoms with Crippen LogP contribution >= 0.6 is 0 Å². The van der Waals surface area contributed by atoms with E-state index in [1.165, 1.54) is 0 Å². The van der Waals surface area contributed by atoms with Gasteiger partial charge in [0.1, 0.15) is 24.4 Å². The second kappa shape index (κ2) is 5.79. The highest BCUT2D eigenvalue weighted by Crippen LogP contribution is 2.33. The van der Waals surface area contributed by atoms with E-state index in [-0.39, 0.29) is 19.1 Å². The summed E-state index contributed by atoms with van der Waals surface area (Å²) < 4.78 is 15.0. The first kappa shape index (κ1) is 15.1. The van der Waals surface area contributed by atoms with Crippen molar-refractivity contribution in [2.75, 3.05) is 25.6 Å². The Morgan fingerprint density at radius 2 is 1.78 bits per heavy atom. The van der Waals surface area contributed by atoms with Gasteiger partial charge in [0.25, 0.3) is 0 Å². The van der Waals surface area contributed by atoms with E-state index in [1.54, 1.807) is 26.2 Å². The maximum Gasteiger partial charge on any atom is 0.508 e. The van der Waals surface area contributed by atoms with Crippen LogP contribution in [0.25, 0.3) is 10.8 Å². The van der Waals surface area contributed by atoms with E-state index in [0.29, 0.717) is 5.69 Å². The zero-order valence-electron chi connectivity index (χ0n) is 12.9. The molecule has 1 amide bonds. The zero-order chi connectivity index (χ0) is 16.4. The Bertz CT molecular complexity index is 761. The van der Waals surface area contributed by atoms with Gasteiger partial charge in [0, 0.05) is 16.5 Å². The molecule has 0 unspecified atom stereocenters. The predicted octanol–water partition coefficient (Wildman–Crippen LogP) is 2.96. The van der Waals surface area contributed by atoms with Crippen LogP contribution in [-0.4, -0.2) is 32.4 Å². The number of carbonyl (C=O) groups excluding carboxylic acids is 2. The predicted molar refractivity (Wildman–Crippen MR) is 84.5 cm³/mol. The number of nitrogens with one attached hydrogen (secondary N) is 1. The molecule has 1 saturated heterocycles. The first-order valence-corrected chi connectivity index (χ1v) is 7.20. The van der Waals surface area contributed by atoms with Crippen molar-refractivity contribution >= 4 is 28.5 Å². The summed E-state index contributed by atoms with van der Waals surface area (Å²) in [7, 11) is 1.61. The molecule has 23 heavy (non-hydrogen) atoms. The number of methoxy groups -OCH3 is 1. The minimum atomic E-state index is -0.922. The van der Waals surface area contributed by atoms with Gasteiger partial charge in [-0.3, -0.25) is 4.79 Å². The average molecular weight is 315 g/mol. The third kappa shape index (κ3) is 2.79. The lowest BCUT2D eigenvalue weighted by Crippen LogP contribution is -2.46. The highest BCUT2D eigenvalue weighted by atomic mass is 16.7. The van der Waals surface area contributed by atoms with E-state index >= 15 is 0 Å². The van der Waals surface area contributed by atoms with Crippen LogP contribution in [0.3, 0.4) is 0 Å². The van der Waals surface area contributed by atoms with Crippen molar-refractivity contribution in [3.8, 4) is 5.75 Å². The summed E-state index contributed by atoms with van der Waals surface area (Å²) in [6, 6.07) is 11.2. The lowest BCUT2D eigenvalue weighted by molar-refractivity contribution is -0.135. The van der Waals surface area contributed by atoms with Crippen LogP contribution < -0.4 is 10.1 Å². The zero-order valence-corrected chi connectivity index (χ0v) is 12.9. The molecule has 1 N–H and O–H groups in total. The van der Waals surface area contributed by atoms with Crippen molar-refractivity contribution in [1.29, 1.82) is 0 Å². The minimum absolute atomic E-state index is 0.00818. The Morgan fingerprint density at radius 3 is 2.43 bits per heavy atom. The Morgan fingerprint density at radius 1 is 1.13 bits per heavy atom. The number of ether oxygens (including phenoxy) is 3. The molecule has 2 aromatic carbocycles. The molecule has 0 aliphatic carbocycles. The van der Waals surface area contributed by atoms with E-state index in [2.05, 4.69) is 5.32 Å². The molecule has 3 rings (SSSR count). The van der Waals surface area contributed by atoms with Gasteiger partial charge in [-0.25, -0.2) is 4.79 Å². The van der Waals surface area contributed by atoms with Crippen LogP contribution in [0.4, 0.5) is 10.5 Å². The molecule has 1 aliphatic rings. The molecule has 0 aromatic heterocycles. The molecule has 0 spiro atoms. The molecular weight excluding hydrogens is 298 g/mol. The SMILES string of the molecule is COc1ccc(NC(=O)C2(C)COC(=O)OC2)c2ccccc12. The molecular formula is C17H17NO5. The highest BCUT2D eigenvalue weighted by Gasteiger charge is 2.40. The summed E-state index contributed by atoms with van der Waals surface area (Å²) in [6.45, 7) is 1.68. The smallest absolute Gasteiger partial charge is 0.496 e. The first-order chi connectivity index (χ1) is 11.0. The summed E-state index contributed by atoms with van der Waals surface area (Å²) in [5.41, 5.74) is -0.251. The van der Waals surface area contributed by atoms with Crippen molar-refractivity contribution in [3.63, 3.8) is 0 Å². The van der Waals surface area contributed by atoms with E-state index in [4.69, 9.17) is 14.2 Å². The van der Waals surface area contributed by atoms with Crippen molar-refractivity contribution in [1.82, 2.24) is 0 Å². The number of benzene rings is 2. The van der Waals surface area contributed by atoms with Gasteiger partial charge in [0.2, 0.25) is 5.91 Å². The summed E-state index contributed by atoms with van der Waals surface area (Å²) in [5.74, 6) is 0.472. The molecule has 2 aromatic rings. The molecule has 0 atom stereocenters. The second-order valence-corrected chi connectivity index (χ2v) is 5.70. The van der Waals surface area contributed by atoms with E-state index in [0.717, 1.165) is 16.5 Å². The van der Waals surface area contributed by atoms with Crippen LogP contribution in [0, 0.1) is 5.41 Å². The molecule has 1 fully saturated rings. The number of hydrogen-bond donors (Lipinski definition) is 1. The molecule has 120 valence electrons. The van der Waals surface area contributed by atoms with Crippen molar-refractivity contribution in [2.45, 2.75) is 6.92 Å². The standard InChI is InChI=1S/C17H17NO5/c1-17(9-22-16(20)23-10-17)15(19)18-13-7-8-14(21-2)12-6-4-3-5-11(12)13/h3-8H,9-10H2,1-2H3,(H,18,19). The lowest BCUT2D eigenvalue weighted by atomic mass is 9.91. The first-order valence-electron chi connectivity index (χ1n) is 7.20. The third-order valence-corrected chi connectivity index (χ3v) is 3.92. The normalized spacial score (nSPS) is 16.3. The molecule has 1 heterocycles. The summed E-state index contributed by atoms with van der Waals surface area (Å²) in [6.07, 6.45) is -0.745. The van der Waals surface area contributed by atoms with Gasteiger partial charge in [-0.2, -0.15) is 0 Å². The quantitative estimate of drug-likeness (QED) is 0.882. The fourth-order valence-corrected chi connectivity index (χ4v) is 2.48. The maximum absolute atomic E-state index is 12.6. The second-order valence-electron chi connectivity index (χ2n) is 5.70. The molecule has 6 nitrogen and oxygen atoms in total.